The van der Waals surface area contributed by atoms with E-state index in [1.165, 1.54) is 24.7 Å². The van der Waals surface area contributed by atoms with Gasteiger partial charge in [-0.05, 0) is 24.3 Å². The first-order valence-corrected chi connectivity index (χ1v) is 5.18. The molecule has 0 aliphatic heterocycles. The first-order valence-electron chi connectivity index (χ1n) is 5.18. The van der Waals surface area contributed by atoms with E-state index in [0.29, 0.717) is 12.2 Å². The number of halogens is 3. The molecule has 0 atom stereocenters. The number of hydrogen-bond donors (Lipinski definition) is 2. The van der Waals surface area contributed by atoms with Gasteiger partial charge in [0, 0.05) is 23.5 Å². The van der Waals surface area contributed by atoms with E-state index in [-0.39, 0.29) is 5.69 Å². The highest BCUT2D eigenvalue weighted by atomic mass is 19.4. The van der Waals surface area contributed by atoms with Gasteiger partial charge in [0.25, 0.3) is 0 Å². The minimum Gasteiger partial charge on any atom is -0.472 e. The SMILES string of the molecule is Nc1ccc(NCc2ccoc2)cc1C(F)(F)F. The molecule has 1 heterocycles. The van der Waals surface area contributed by atoms with Crippen molar-refractivity contribution in [2.45, 2.75) is 12.7 Å². The number of nitrogens with two attached hydrogens (primary N) is 1. The van der Waals surface area contributed by atoms with E-state index >= 15 is 0 Å². The summed E-state index contributed by atoms with van der Waals surface area (Å²) in [6, 6.07) is 5.47. The van der Waals surface area contributed by atoms with Crippen molar-refractivity contribution in [1.82, 2.24) is 0 Å². The van der Waals surface area contributed by atoms with Crippen LogP contribution in [0, 0.1) is 0 Å². The topological polar surface area (TPSA) is 51.2 Å². The van der Waals surface area contributed by atoms with Crippen LogP contribution in [0.2, 0.25) is 0 Å². The van der Waals surface area contributed by atoms with Crippen LogP contribution < -0.4 is 11.1 Å². The third-order valence-corrected chi connectivity index (χ3v) is 2.44. The maximum absolute atomic E-state index is 12.6. The lowest BCUT2D eigenvalue weighted by molar-refractivity contribution is -0.136. The fourth-order valence-corrected chi connectivity index (χ4v) is 1.51. The number of benzene rings is 1. The van der Waals surface area contributed by atoms with Gasteiger partial charge in [0.2, 0.25) is 0 Å². The number of hydrogen-bond acceptors (Lipinski definition) is 3. The van der Waals surface area contributed by atoms with Crippen LogP contribution in [0.5, 0.6) is 0 Å². The summed E-state index contributed by atoms with van der Waals surface area (Å²) in [7, 11) is 0. The summed E-state index contributed by atoms with van der Waals surface area (Å²) in [5, 5.41) is 2.87. The Hall–Kier alpha value is -2.11. The van der Waals surface area contributed by atoms with Gasteiger partial charge in [-0.2, -0.15) is 13.2 Å². The Labute approximate surface area is 101 Å². The Balaban J connectivity index is 2.15. The maximum atomic E-state index is 12.6. The average Bonchev–Trinajstić information content (AvgIpc) is 2.79. The number of alkyl halides is 3. The standard InChI is InChI=1S/C12H11F3N2O/c13-12(14,15)10-5-9(1-2-11(10)16)17-6-8-3-4-18-7-8/h1-5,7,17H,6,16H2. The summed E-state index contributed by atoms with van der Waals surface area (Å²) in [4.78, 5) is 0. The van der Waals surface area contributed by atoms with Crippen LogP contribution in [0.1, 0.15) is 11.1 Å². The third-order valence-electron chi connectivity index (χ3n) is 2.44. The molecule has 18 heavy (non-hydrogen) atoms. The van der Waals surface area contributed by atoms with Gasteiger partial charge in [-0.3, -0.25) is 0 Å². The maximum Gasteiger partial charge on any atom is 0.418 e. The van der Waals surface area contributed by atoms with E-state index in [4.69, 9.17) is 10.2 Å². The van der Waals surface area contributed by atoms with Gasteiger partial charge in [0.15, 0.2) is 0 Å². The van der Waals surface area contributed by atoms with Crippen molar-refractivity contribution >= 4 is 11.4 Å². The van der Waals surface area contributed by atoms with Crippen LogP contribution in [0.4, 0.5) is 24.5 Å². The van der Waals surface area contributed by atoms with Gasteiger partial charge in [0.1, 0.15) is 0 Å². The minimum atomic E-state index is -4.45. The molecule has 6 heteroatoms. The highest BCUT2D eigenvalue weighted by Gasteiger charge is 2.33. The largest absolute Gasteiger partial charge is 0.472 e. The van der Waals surface area contributed by atoms with Crippen molar-refractivity contribution in [3.05, 3.63) is 47.9 Å². The molecule has 0 fully saturated rings. The Bertz CT molecular complexity index is 521. The predicted octanol–water partition coefficient (Wildman–Crippen LogP) is 3.49. The second-order valence-electron chi connectivity index (χ2n) is 3.78. The molecule has 0 aliphatic rings. The molecule has 0 saturated carbocycles. The molecule has 0 unspecified atom stereocenters. The Morgan fingerprint density at radius 2 is 2.00 bits per heavy atom. The van der Waals surface area contributed by atoms with Crippen molar-refractivity contribution in [2.75, 3.05) is 11.1 Å². The molecule has 2 aromatic rings. The smallest absolute Gasteiger partial charge is 0.418 e. The Kier molecular flexibility index (Phi) is 3.18. The van der Waals surface area contributed by atoms with Crippen molar-refractivity contribution < 1.29 is 17.6 Å². The van der Waals surface area contributed by atoms with E-state index < -0.39 is 11.7 Å². The van der Waals surface area contributed by atoms with E-state index in [1.54, 1.807) is 6.07 Å². The lowest BCUT2D eigenvalue weighted by atomic mass is 10.1. The first-order chi connectivity index (χ1) is 8.47. The van der Waals surface area contributed by atoms with Crippen molar-refractivity contribution in [3.63, 3.8) is 0 Å². The van der Waals surface area contributed by atoms with E-state index in [1.807, 2.05) is 0 Å². The minimum absolute atomic E-state index is 0.281. The van der Waals surface area contributed by atoms with Gasteiger partial charge in [-0.1, -0.05) is 0 Å². The van der Waals surface area contributed by atoms with Gasteiger partial charge in [-0.15, -0.1) is 0 Å². The lowest BCUT2D eigenvalue weighted by Crippen LogP contribution is -2.10. The number of furan rings is 1. The lowest BCUT2D eigenvalue weighted by Gasteiger charge is -2.12. The van der Waals surface area contributed by atoms with E-state index in [2.05, 4.69) is 5.32 Å². The molecule has 0 bridgehead atoms. The molecule has 0 radical (unpaired) electrons. The molecule has 2 rings (SSSR count). The number of nitrogen functional groups attached to an aromatic ring is 1. The summed E-state index contributed by atoms with van der Waals surface area (Å²) < 4.78 is 42.7. The molecule has 0 aliphatic carbocycles. The van der Waals surface area contributed by atoms with Crippen LogP contribution >= 0.6 is 0 Å². The zero-order valence-corrected chi connectivity index (χ0v) is 9.29. The van der Waals surface area contributed by atoms with Crippen molar-refractivity contribution in [1.29, 1.82) is 0 Å². The fraction of sp³-hybridized carbons (Fsp3) is 0.167. The van der Waals surface area contributed by atoms with Crippen molar-refractivity contribution in [3.8, 4) is 0 Å². The molecule has 0 amide bonds. The molecule has 96 valence electrons. The predicted molar refractivity (Wildman–Crippen MR) is 61.9 cm³/mol. The van der Waals surface area contributed by atoms with Gasteiger partial charge >= 0.3 is 6.18 Å². The molecule has 3 nitrogen and oxygen atoms in total. The summed E-state index contributed by atoms with van der Waals surface area (Å²) in [6.45, 7) is 0.387. The number of nitrogens with one attached hydrogen (secondary N) is 1. The van der Waals surface area contributed by atoms with Gasteiger partial charge in [0.05, 0.1) is 18.1 Å². The highest BCUT2D eigenvalue weighted by Crippen LogP contribution is 2.35. The average molecular weight is 256 g/mol. The second-order valence-corrected chi connectivity index (χ2v) is 3.78. The Morgan fingerprint density at radius 3 is 2.61 bits per heavy atom. The molecule has 1 aromatic heterocycles. The molecule has 1 aromatic carbocycles. The normalized spacial score (nSPS) is 11.5. The third kappa shape index (κ3) is 2.77. The summed E-state index contributed by atoms with van der Waals surface area (Å²) in [5.41, 5.74) is 5.40. The molecule has 0 spiro atoms. The quantitative estimate of drug-likeness (QED) is 0.826. The van der Waals surface area contributed by atoms with Crippen LogP contribution in [-0.2, 0) is 12.7 Å². The van der Waals surface area contributed by atoms with E-state index in [9.17, 15) is 13.2 Å². The summed E-state index contributed by atoms with van der Waals surface area (Å²) >= 11 is 0. The zero-order valence-electron chi connectivity index (χ0n) is 9.29. The molecular weight excluding hydrogens is 245 g/mol. The Morgan fingerprint density at radius 1 is 1.22 bits per heavy atom. The number of anilines is 2. The molecular formula is C12H11F3N2O. The van der Waals surface area contributed by atoms with Gasteiger partial charge in [-0.25, -0.2) is 0 Å². The van der Waals surface area contributed by atoms with Gasteiger partial charge < -0.3 is 15.5 Å². The van der Waals surface area contributed by atoms with Crippen LogP contribution in [0.3, 0.4) is 0 Å². The molecule has 3 N–H and O–H groups in total. The van der Waals surface area contributed by atoms with Crippen LogP contribution in [-0.4, -0.2) is 0 Å². The second kappa shape index (κ2) is 4.64. The first kappa shape index (κ1) is 12.3. The number of rotatable bonds is 3. The van der Waals surface area contributed by atoms with Crippen LogP contribution in [0.25, 0.3) is 0 Å². The fourth-order valence-electron chi connectivity index (χ4n) is 1.51. The molecule has 0 saturated heterocycles. The summed E-state index contributed by atoms with van der Waals surface area (Å²) in [5.74, 6) is 0. The highest BCUT2D eigenvalue weighted by molar-refractivity contribution is 5.58. The monoisotopic (exact) mass is 256 g/mol. The van der Waals surface area contributed by atoms with Crippen LogP contribution in [0.15, 0.2) is 41.2 Å². The van der Waals surface area contributed by atoms with Crippen molar-refractivity contribution in [2.24, 2.45) is 0 Å². The summed E-state index contributed by atoms with van der Waals surface area (Å²) in [6.07, 6.45) is -1.42. The van der Waals surface area contributed by atoms with E-state index in [0.717, 1.165) is 11.6 Å². The zero-order chi connectivity index (χ0) is 13.2.